The van der Waals surface area contributed by atoms with Crippen LogP contribution in [-0.4, -0.2) is 30.6 Å². The summed E-state index contributed by atoms with van der Waals surface area (Å²) >= 11 is 0. The van der Waals surface area contributed by atoms with E-state index in [1.807, 2.05) is 24.3 Å². The van der Waals surface area contributed by atoms with Gasteiger partial charge in [-0.15, -0.1) is 0 Å². The molecule has 2 N–H and O–H groups in total. The van der Waals surface area contributed by atoms with E-state index in [4.69, 9.17) is 10.5 Å². The van der Waals surface area contributed by atoms with Gasteiger partial charge in [-0.25, -0.2) is 0 Å². The highest BCUT2D eigenvalue weighted by atomic mass is 16.5. The number of methoxy groups -OCH3 is 1. The van der Waals surface area contributed by atoms with Crippen LogP contribution in [0.25, 0.3) is 0 Å². The molecule has 0 fully saturated rings. The van der Waals surface area contributed by atoms with Crippen LogP contribution >= 0.6 is 0 Å². The van der Waals surface area contributed by atoms with Gasteiger partial charge in [-0.1, -0.05) is 19.1 Å². The molecule has 0 saturated carbocycles. The van der Waals surface area contributed by atoms with Crippen molar-refractivity contribution in [2.45, 2.75) is 51.7 Å². The minimum atomic E-state index is 0.00160. The van der Waals surface area contributed by atoms with Crippen LogP contribution in [0.2, 0.25) is 0 Å². The van der Waals surface area contributed by atoms with Crippen molar-refractivity contribution >= 4 is 0 Å². The fraction of sp³-hybridized carbons (Fsp3) is 0.625. The summed E-state index contributed by atoms with van der Waals surface area (Å²) in [5, 5.41) is 0. The Bertz CT molecular complexity index is 386. The molecule has 0 heterocycles. The molecule has 0 saturated heterocycles. The summed E-state index contributed by atoms with van der Waals surface area (Å²) in [6.45, 7) is 8.91. The van der Waals surface area contributed by atoms with E-state index in [-0.39, 0.29) is 17.6 Å². The Labute approximate surface area is 117 Å². The van der Waals surface area contributed by atoms with Gasteiger partial charge in [-0.3, -0.25) is 4.90 Å². The Morgan fingerprint density at radius 2 is 1.79 bits per heavy atom. The van der Waals surface area contributed by atoms with Gasteiger partial charge in [0.15, 0.2) is 0 Å². The maximum atomic E-state index is 6.40. The second-order valence-corrected chi connectivity index (χ2v) is 5.82. The van der Waals surface area contributed by atoms with Gasteiger partial charge >= 0.3 is 0 Å². The third-order valence-electron chi connectivity index (χ3n) is 4.45. The molecule has 0 spiro atoms. The lowest BCUT2D eigenvalue weighted by Crippen LogP contribution is -2.49. The number of ether oxygens (including phenoxy) is 1. The first-order valence-electron chi connectivity index (χ1n) is 6.96. The van der Waals surface area contributed by atoms with Gasteiger partial charge in [0.05, 0.1) is 7.11 Å². The van der Waals surface area contributed by atoms with Crippen molar-refractivity contribution in [3.63, 3.8) is 0 Å². The molecule has 108 valence electrons. The van der Waals surface area contributed by atoms with Crippen LogP contribution in [-0.2, 0) is 0 Å². The Balaban J connectivity index is 2.83. The number of nitrogens with zero attached hydrogens (tertiary/aromatic N) is 1. The summed E-state index contributed by atoms with van der Waals surface area (Å²) in [4.78, 5) is 2.36. The SMILES string of the molecule is CCC(C)(C)N(C)C(C)C(N)c1ccc(OC)cc1. The molecule has 3 heteroatoms. The van der Waals surface area contributed by atoms with Crippen LogP contribution < -0.4 is 10.5 Å². The van der Waals surface area contributed by atoms with E-state index in [9.17, 15) is 0 Å². The molecule has 0 amide bonds. The fourth-order valence-electron chi connectivity index (χ4n) is 2.15. The first-order chi connectivity index (χ1) is 8.83. The van der Waals surface area contributed by atoms with E-state index in [1.165, 1.54) is 0 Å². The Hall–Kier alpha value is -1.06. The molecular formula is C16H28N2O. The first kappa shape index (κ1) is 16.0. The van der Waals surface area contributed by atoms with E-state index >= 15 is 0 Å². The molecule has 19 heavy (non-hydrogen) atoms. The fourth-order valence-corrected chi connectivity index (χ4v) is 2.15. The molecule has 2 atom stereocenters. The van der Waals surface area contributed by atoms with Crippen molar-refractivity contribution in [1.82, 2.24) is 4.90 Å². The van der Waals surface area contributed by atoms with E-state index < -0.39 is 0 Å². The topological polar surface area (TPSA) is 38.5 Å². The van der Waals surface area contributed by atoms with Gasteiger partial charge in [0, 0.05) is 17.6 Å². The number of likely N-dealkylation sites (N-methyl/N-ethyl adjacent to an activating group) is 1. The molecule has 0 aliphatic rings. The second-order valence-electron chi connectivity index (χ2n) is 5.82. The monoisotopic (exact) mass is 264 g/mol. The van der Waals surface area contributed by atoms with E-state index in [0.717, 1.165) is 17.7 Å². The zero-order valence-electron chi connectivity index (χ0n) is 13.1. The van der Waals surface area contributed by atoms with Crippen LogP contribution in [0.1, 0.15) is 45.7 Å². The number of nitrogens with two attached hydrogens (primary N) is 1. The van der Waals surface area contributed by atoms with Crippen molar-refractivity contribution in [1.29, 1.82) is 0 Å². The highest BCUT2D eigenvalue weighted by Gasteiger charge is 2.29. The lowest BCUT2D eigenvalue weighted by Gasteiger charge is -2.41. The molecule has 2 unspecified atom stereocenters. The summed E-state index contributed by atoms with van der Waals surface area (Å²) in [6.07, 6.45) is 1.10. The van der Waals surface area contributed by atoms with Crippen LogP contribution in [0.15, 0.2) is 24.3 Å². The maximum absolute atomic E-state index is 6.40. The molecule has 0 radical (unpaired) electrons. The summed E-state index contributed by atoms with van der Waals surface area (Å²) in [5.74, 6) is 0.867. The smallest absolute Gasteiger partial charge is 0.118 e. The molecule has 0 aromatic heterocycles. The number of hydrogen-bond donors (Lipinski definition) is 1. The minimum Gasteiger partial charge on any atom is -0.497 e. The van der Waals surface area contributed by atoms with Crippen LogP contribution in [0.5, 0.6) is 5.75 Å². The van der Waals surface area contributed by atoms with Crippen molar-refractivity contribution in [2.24, 2.45) is 5.73 Å². The van der Waals surface area contributed by atoms with Crippen LogP contribution in [0.3, 0.4) is 0 Å². The van der Waals surface area contributed by atoms with Crippen LogP contribution in [0.4, 0.5) is 0 Å². The van der Waals surface area contributed by atoms with Gasteiger partial charge in [0.1, 0.15) is 5.75 Å². The summed E-state index contributed by atoms with van der Waals surface area (Å²) in [5.41, 5.74) is 7.70. The number of rotatable bonds is 6. The molecule has 1 aromatic rings. The van der Waals surface area contributed by atoms with Crippen LogP contribution in [0, 0.1) is 0 Å². The minimum absolute atomic E-state index is 0.00160. The van der Waals surface area contributed by atoms with Gasteiger partial charge < -0.3 is 10.5 Å². The molecule has 1 rings (SSSR count). The van der Waals surface area contributed by atoms with Gasteiger partial charge in [-0.2, -0.15) is 0 Å². The summed E-state index contributed by atoms with van der Waals surface area (Å²) in [7, 11) is 3.83. The maximum Gasteiger partial charge on any atom is 0.118 e. The Morgan fingerprint density at radius 1 is 1.26 bits per heavy atom. The zero-order chi connectivity index (χ0) is 14.6. The highest BCUT2D eigenvalue weighted by Crippen LogP contribution is 2.26. The standard InChI is InChI=1S/C16H28N2O/c1-7-16(3,4)18(5)12(2)15(17)13-8-10-14(19-6)11-9-13/h8-12,15H,7,17H2,1-6H3. The van der Waals surface area contributed by atoms with Crippen molar-refractivity contribution in [3.05, 3.63) is 29.8 Å². The predicted octanol–water partition coefficient (Wildman–Crippen LogP) is 3.20. The Kier molecular flexibility index (Phi) is 5.39. The quantitative estimate of drug-likeness (QED) is 0.857. The Morgan fingerprint density at radius 3 is 2.21 bits per heavy atom. The molecular weight excluding hydrogens is 236 g/mol. The van der Waals surface area contributed by atoms with E-state index in [1.54, 1.807) is 7.11 Å². The molecule has 3 nitrogen and oxygen atoms in total. The summed E-state index contributed by atoms with van der Waals surface area (Å²) in [6, 6.07) is 8.31. The van der Waals surface area contributed by atoms with Crippen molar-refractivity contribution in [3.8, 4) is 5.75 Å². The molecule has 0 aliphatic carbocycles. The molecule has 0 bridgehead atoms. The number of hydrogen-bond acceptors (Lipinski definition) is 3. The second kappa shape index (κ2) is 6.40. The lowest BCUT2D eigenvalue weighted by molar-refractivity contribution is 0.0914. The third kappa shape index (κ3) is 3.71. The largest absolute Gasteiger partial charge is 0.497 e. The highest BCUT2D eigenvalue weighted by molar-refractivity contribution is 5.29. The van der Waals surface area contributed by atoms with Gasteiger partial charge in [0.25, 0.3) is 0 Å². The van der Waals surface area contributed by atoms with Gasteiger partial charge in [-0.05, 0) is 51.9 Å². The average molecular weight is 264 g/mol. The van der Waals surface area contributed by atoms with Gasteiger partial charge in [0.2, 0.25) is 0 Å². The average Bonchev–Trinajstić information content (AvgIpc) is 2.44. The summed E-state index contributed by atoms with van der Waals surface area (Å²) < 4.78 is 5.18. The first-order valence-corrected chi connectivity index (χ1v) is 6.96. The molecule has 1 aromatic carbocycles. The zero-order valence-corrected chi connectivity index (χ0v) is 13.1. The third-order valence-corrected chi connectivity index (χ3v) is 4.45. The molecule has 0 aliphatic heterocycles. The van der Waals surface area contributed by atoms with E-state index in [2.05, 4.69) is 39.6 Å². The normalized spacial score (nSPS) is 15.4. The number of benzene rings is 1. The lowest BCUT2D eigenvalue weighted by atomic mass is 9.93. The predicted molar refractivity (Wildman–Crippen MR) is 81.5 cm³/mol. The van der Waals surface area contributed by atoms with Crippen molar-refractivity contribution < 1.29 is 4.74 Å². The van der Waals surface area contributed by atoms with Crippen molar-refractivity contribution in [2.75, 3.05) is 14.2 Å². The van der Waals surface area contributed by atoms with E-state index in [0.29, 0.717) is 0 Å².